The highest BCUT2D eigenvalue weighted by molar-refractivity contribution is 5.96. The number of imide groups is 1. The molecule has 24 heavy (non-hydrogen) atoms. The standard InChI is InChI=1S/C19H19NO4/c1-23-16-9-7-15(8-10-16)17(13-14-5-3-2-4-6-14)18(21)20-11-12-24-19(20)22/h2-10,17H,11-13H2,1H3. The van der Waals surface area contributed by atoms with E-state index in [2.05, 4.69) is 0 Å². The summed E-state index contributed by atoms with van der Waals surface area (Å²) in [4.78, 5) is 25.9. The van der Waals surface area contributed by atoms with Crippen LogP contribution in [0.5, 0.6) is 5.75 Å². The van der Waals surface area contributed by atoms with Crippen LogP contribution in [0.1, 0.15) is 17.0 Å². The zero-order valence-electron chi connectivity index (χ0n) is 13.5. The number of amides is 2. The molecule has 1 heterocycles. The topological polar surface area (TPSA) is 55.8 Å². The van der Waals surface area contributed by atoms with Gasteiger partial charge in [0.2, 0.25) is 5.91 Å². The molecule has 1 aliphatic rings. The Bertz CT molecular complexity index is 712. The monoisotopic (exact) mass is 325 g/mol. The number of carbonyl (C=O) groups is 2. The van der Waals surface area contributed by atoms with Crippen LogP contribution in [-0.4, -0.2) is 37.2 Å². The maximum absolute atomic E-state index is 12.9. The minimum Gasteiger partial charge on any atom is -0.497 e. The molecule has 2 aromatic carbocycles. The predicted octanol–water partition coefficient (Wildman–Crippen LogP) is 3.00. The molecule has 0 aromatic heterocycles. The van der Waals surface area contributed by atoms with Gasteiger partial charge in [0.05, 0.1) is 19.6 Å². The minimum atomic E-state index is -0.563. The van der Waals surface area contributed by atoms with Gasteiger partial charge in [-0.25, -0.2) is 9.69 Å². The normalized spacial score (nSPS) is 15.0. The molecule has 3 rings (SSSR count). The van der Waals surface area contributed by atoms with E-state index >= 15 is 0 Å². The Balaban J connectivity index is 1.90. The van der Waals surface area contributed by atoms with Crippen molar-refractivity contribution in [1.82, 2.24) is 4.90 Å². The van der Waals surface area contributed by atoms with Crippen LogP contribution < -0.4 is 4.74 Å². The molecular formula is C19H19NO4. The summed E-state index contributed by atoms with van der Waals surface area (Å²) in [6, 6.07) is 17.1. The number of rotatable bonds is 5. The van der Waals surface area contributed by atoms with Crippen molar-refractivity contribution in [2.75, 3.05) is 20.3 Å². The molecule has 0 saturated carbocycles. The first-order valence-electron chi connectivity index (χ1n) is 7.85. The number of hydrogen-bond donors (Lipinski definition) is 0. The fraction of sp³-hybridized carbons (Fsp3) is 0.263. The Morgan fingerprint density at radius 2 is 1.88 bits per heavy atom. The third-order valence-corrected chi connectivity index (χ3v) is 4.13. The van der Waals surface area contributed by atoms with Gasteiger partial charge in [0.1, 0.15) is 12.4 Å². The van der Waals surface area contributed by atoms with Crippen LogP contribution in [0.2, 0.25) is 0 Å². The molecule has 5 nitrogen and oxygen atoms in total. The van der Waals surface area contributed by atoms with E-state index in [0.717, 1.165) is 16.9 Å². The molecule has 0 radical (unpaired) electrons. The third kappa shape index (κ3) is 3.40. The molecule has 2 amide bonds. The summed E-state index contributed by atoms with van der Waals surface area (Å²) in [6.45, 7) is 0.560. The van der Waals surface area contributed by atoms with Crippen LogP contribution in [-0.2, 0) is 16.0 Å². The molecule has 0 bridgehead atoms. The molecule has 0 spiro atoms. The van der Waals surface area contributed by atoms with Crippen molar-refractivity contribution in [3.8, 4) is 5.75 Å². The number of methoxy groups -OCH3 is 1. The van der Waals surface area contributed by atoms with Gasteiger partial charge in [0, 0.05) is 0 Å². The molecule has 1 aliphatic heterocycles. The van der Waals surface area contributed by atoms with Crippen molar-refractivity contribution >= 4 is 12.0 Å². The molecule has 5 heteroatoms. The summed E-state index contributed by atoms with van der Waals surface area (Å²) in [5.74, 6) is 0.0562. The Morgan fingerprint density at radius 1 is 1.17 bits per heavy atom. The van der Waals surface area contributed by atoms with Gasteiger partial charge in [0.15, 0.2) is 0 Å². The van der Waals surface area contributed by atoms with Crippen LogP contribution in [0, 0.1) is 0 Å². The fourth-order valence-electron chi connectivity index (χ4n) is 2.82. The van der Waals surface area contributed by atoms with Crippen molar-refractivity contribution in [3.63, 3.8) is 0 Å². The van der Waals surface area contributed by atoms with Gasteiger partial charge in [-0.2, -0.15) is 0 Å². The largest absolute Gasteiger partial charge is 0.497 e. The SMILES string of the molecule is COc1ccc(C(Cc2ccccc2)C(=O)N2CCOC2=O)cc1. The van der Waals surface area contributed by atoms with Crippen LogP contribution in [0.4, 0.5) is 4.79 Å². The zero-order valence-corrected chi connectivity index (χ0v) is 13.5. The Morgan fingerprint density at radius 3 is 2.46 bits per heavy atom. The van der Waals surface area contributed by atoms with Crippen LogP contribution in [0.3, 0.4) is 0 Å². The first-order valence-corrected chi connectivity index (χ1v) is 7.85. The van der Waals surface area contributed by atoms with Crippen molar-refractivity contribution in [1.29, 1.82) is 0 Å². The van der Waals surface area contributed by atoms with E-state index in [1.165, 1.54) is 4.90 Å². The second kappa shape index (κ2) is 7.17. The van der Waals surface area contributed by atoms with E-state index in [1.54, 1.807) is 7.11 Å². The third-order valence-electron chi connectivity index (χ3n) is 4.13. The number of nitrogens with zero attached hydrogens (tertiary/aromatic N) is 1. The maximum atomic E-state index is 12.9. The van der Waals surface area contributed by atoms with Gasteiger partial charge in [0.25, 0.3) is 0 Å². The Hall–Kier alpha value is -2.82. The van der Waals surface area contributed by atoms with Gasteiger partial charge >= 0.3 is 6.09 Å². The lowest BCUT2D eigenvalue weighted by atomic mass is 9.90. The summed E-state index contributed by atoms with van der Waals surface area (Å²) in [6.07, 6.45) is -0.0398. The molecular weight excluding hydrogens is 306 g/mol. The molecule has 1 unspecified atom stereocenters. The summed E-state index contributed by atoms with van der Waals surface area (Å²) in [7, 11) is 1.60. The number of carbonyl (C=O) groups excluding carboxylic acids is 2. The maximum Gasteiger partial charge on any atom is 0.416 e. The molecule has 124 valence electrons. The van der Waals surface area contributed by atoms with E-state index in [-0.39, 0.29) is 12.5 Å². The molecule has 0 N–H and O–H groups in total. The van der Waals surface area contributed by atoms with Crippen molar-refractivity contribution in [3.05, 3.63) is 65.7 Å². The smallest absolute Gasteiger partial charge is 0.416 e. The predicted molar refractivity (Wildman–Crippen MR) is 88.9 cm³/mol. The number of ether oxygens (including phenoxy) is 2. The summed E-state index contributed by atoms with van der Waals surface area (Å²) >= 11 is 0. The second-order valence-electron chi connectivity index (χ2n) is 5.62. The lowest BCUT2D eigenvalue weighted by Crippen LogP contribution is -2.36. The highest BCUT2D eigenvalue weighted by atomic mass is 16.6. The van der Waals surface area contributed by atoms with Crippen LogP contribution >= 0.6 is 0 Å². The highest BCUT2D eigenvalue weighted by Gasteiger charge is 2.34. The van der Waals surface area contributed by atoms with E-state index < -0.39 is 12.0 Å². The van der Waals surface area contributed by atoms with E-state index in [9.17, 15) is 9.59 Å². The number of hydrogen-bond acceptors (Lipinski definition) is 4. The average Bonchev–Trinajstić information content (AvgIpc) is 3.06. The number of cyclic esters (lactones) is 1. The lowest BCUT2D eigenvalue weighted by molar-refractivity contribution is -0.129. The van der Waals surface area contributed by atoms with Gasteiger partial charge in [-0.05, 0) is 29.7 Å². The van der Waals surface area contributed by atoms with Crippen molar-refractivity contribution < 1.29 is 19.1 Å². The van der Waals surface area contributed by atoms with Gasteiger partial charge in [-0.3, -0.25) is 4.79 Å². The summed E-state index contributed by atoms with van der Waals surface area (Å²) < 4.78 is 10.1. The number of benzene rings is 2. The first kappa shape index (κ1) is 16.1. The fourth-order valence-corrected chi connectivity index (χ4v) is 2.82. The first-order chi connectivity index (χ1) is 11.7. The zero-order chi connectivity index (χ0) is 16.9. The molecule has 2 aromatic rings. The van der Waals surface area contributed by atoms with Crippen LogP contribution in [0.15, 0.2) is 54.6 Å². The average molecular weight is 325 g/mol. The van der Waals surface area contributed by atoms with Gasteiger partial charge < -0.3 is 9.47 Å². The Labute approximate surface area is 140 Å². The quantitative estimate of drug-likeness (QED) is 0.848. The van der Waals surface area contributed by atoms with Crippen molar-refractivity contribution in [2.45, 2.75) is 12.3 Å². The van der Waals surface area contributed by atoms with Crippen LogP contribution in [0.25, 0.3) is 0 Å². The molecule has 1 atom stereocenters. The van der Waals surface area contributed by atoms with Gasteiger partial charge in [-0.1, -0.05) is 42.5 Å². The minimum absolute atomic E-state index is 0.230. The second-order valence-corrected chi connectivity index (χ2v) is 5.62. The van der Waals surface area contributed by atoms with Crippen molar-refractivity contribution in [2.24, 2.45) is 0 Å². The van der Waals surface area contributed by atoms with E-state index in [1.807, 2.05) is 54.6 Å². The molecule has 0 aliphatic carbocycles. The summed E-state index contributed by atoms with van der Waals surface area (Å²) in [5.41, 5.74) is 1.89. The summed E-state index contributed by atoms with van der Waals surface area (Å²) in [5, 5.41) is 0. The van der Waals surface area contributed by atoms with E-state index in [0.29, 0.717) is 13.0 Å². The molecule has 1 fully saturated rings. The highest BCUT2D eigenvalue weighted by Crippen LogP contribution is 2.26. The Kier molecular flexibility index (Phi) is 4.79. The van der Waals surface area contributed by atoms with E-state index in [4.69, 9.17) is 9.47 Å². The van der Waals surface area contributed by atoms with Gasteiger partial charge in [-0.15, -0.1) is 0 Å². The lowest BCUT2D eigenvalue weighted by Gasteiger charge is -2.21. The molecule has 1 saturated heterocycles.